The molecule has 0 heterocycles. The second-order valence-electron chi connectivity index (χ2n) is 4.49. The Morgan fingerprint density at radius 3 is 2.17 bits per heavy atom. The molecule has 18 heavy (non-hydrogen) atoms. The number of hydrogen-bond donors (Lipinski definition) is 1. The minimum absolute atomic E-state index is 0.0248. The van der Waals surface area contributed by atoms with Crippen LogP contribution in [0.2, 0.25) is 0 Å². The summed E-state index contributed by atoms with van der Waals surface area (Å²) in [7, 11) is 0. The Morgan fingerprint density at radius 1 is 1.28 bits per heavy atom. The Balaban J connectivity index is 4.87. The number of carbonyl (C=O) groups excluding carboxylic acids is 1. The van der Waals surface area contributed by atoms with Gasteiger partial charge in [-0.1, -0.05) is 26.7 Å². The molecule has 0 aliphatic carbocycles. The molecule has 1 amide bonds. The third kappa shape index (κ3) is 4.06. The Hall–Kier alpha value is -1.50. The number of rotatable bonds is 8. The SMILES string of the molecule is C#CCN(CCC)C(=O)CC(CC)(CC)C(=O)O. The molecule has 0 spiro atoms. The van der Waals surface area contributed by atoms with Gasteiger partial charge in [-0.3, -0.25) is 9.59 Å². The summed E-state index contributed by atoms with van der Waals surface area (Å²) in [5.74, 6) is 1.37. The van der Waals surface area contributed by atoms with Crippen LogP contribution in [0.25, 0.3) is 0 Å². The van der Waals surface area contributed by atoms with Crippen molar-refractivity contribution in [3.8, 4) is 12.3 Å². The van der Waals surface area contributed by atoms with Gasteiger partial charge < -0.3 is 10.0 Å². The van der Waals surface area contributed by atoms with Gasteiger partial charge in [0.05, 0.1) is 12.0 Å². The van der Waals surface area contributed by atoms with Gasteiger partial charge >= 0.3 is 5.97 Å². The molecule has 0 saturated carbocycles. The second kappa shape index (κ2) is 7.75. The van der Waals surface area contributed by atoms with Crippen LogP contribution in [0.5, 0.6) is 0 Å². The van der Waals surface area contributed by atoms with Gasteiger partial charge in [0.2, 0.25) is 5.91 Å². The summed E-state index contributed by atoms with van der Waals surface area (Å²) in [5.41, 5.74) is -0.961. The summed E-state index contributed by atoms with van der Waals surface area (Å²) in [4.78, 5) is 25.0. The molecule has 0 atom stereocenters. The first-order chi connectivity index (χ1) is 8.47. The molecule has 0 fully saturated rings. The maximum atomic E-state index is 12.1. The van der Waals surface area contributed by atoms with Gasteiger partial charge in [-0.2, -0.15) is 0 Å². The summed E-state index contributed by atoms with van der Waals surface area (Å²) in [5, 5.41) is 9.30. The average Bonchev–Trinajstić information content (AvgIpc) is 2.35. The molecule has 0 rings (SSSR count). The van der Waals surface area contributed by atoms with Crippen molar-refractivity contribution in [2.45, 2.75) is 46.5 Å². The normalized spacial score (nSPS) is 10.8. The van der Waals surface area contributed by atoms with Crippen LogP contribution >= 0.6 is 0 Å². The number of carboxylic acid groups (broad SMARTS) is 1. The number of nitrogens with zero attached hydrogens (tertiary/aromatic N) is 1. The van der Waals surface area contributed by atoms with E-state index >= 15 is 0 Å². The highest BCUT2D eigenvalue weighted by atomic mass is 16.4. The Morgan fingerprint density at radius 2 is 1.83 bits per heavy atom. The van der Waals surface area contributed by atoms with Gasteiger partial charge in [-0.25, -0.2) is 0 Å². The van der Waals surface area contributed by atoms with E-state index < -0.39 is 11.4 Å². The lowest BCUT2D eigenvalue weighted by molar-refractivity contribution is -0.154. The third-order valence-corrected chi connectivity index (χ3v) is 3.43. The standard InChI is InChI=1S/C14H23NO3/c1-5-9-15(10-6-2)12(16)11-14(7-3,8-4)13(17)18/h1H,6-11H2,2-4H3,(H,17,18). The van der Waals surface area contributed by atoms with Crippen molar-refractivity contribution in [2.75, 3.05) is 13.1 Å². The van der Waals surface area contributed by atoms with E-state index in [0.717, 1.165) is 6.42 Å². The Bertz CT molecular complexity index is 326. The molecule has 1 N–H and O–H groups in total. The van der Waals surface area contributed by atoms with Crippen LogP contribution in [-0.4, -0.2) is 35.0 Å². The summed E-state index contributed by atoms with van der Waals surface area (Å²) in [6.45, 7) is 6.38. The molecular weight excluding hydrogens is 230 g/mol. The second-order valence-corrected chi connectivity index (χ2v) is 4.49. The monoisotopic (exact) mass is 253 g/mol. The highest BCUT2D eigenvalue weighted by molar-refractivity contribution is 5.85. The van der Waals surface area contributed by atoms with Gasteiger partial charge in [0.1, 0.15) is 0 Å². The van der Waals surface area contributed by atoms with E-state index in [1.807, 2.05) is 6.92 Å². The molecule has 0 bridgehead atoms. The van der Waals surface area contributed by atoms with E-state index in [9.17, 15) is 14.7 Å². The predicted molar refractivity (Wildman–Crippen MR) is 71.0 cm³/mol. The topological polar surface area (TPSA) is 57.6 Å². The van der Waals surface area contributed by atoms with Gasteiger partial charge in [0, 0.05) is 13.0 Å². The number of aliphatic carboxylic acids is 1. The van der Waals surface area contributed by atoms with Crippen LogP contribution in [0.1, 0.15) is 46.5 Å². The van der Waals surface area contributed by atoms with Gasteiger partial charge in [-0.15, -0.1) is 6.42 Å². The lowest BCUT2D eigenvalue weighted by Gasteiger charge is -2.29. The maximum absolute atomic E-state index is 12.1. The summed E-state index contributed by atoms with van der Waals surface area (Å²) < 4.78 is 0. The van der Waals surface area contributed by atoms with Gasteiger partial charge in [0.25, 0.3) is 0 Å². The highest BCUT2D eigenvalue weighted by Crippen LogP contribution is 2.31. The van der Waals surface area contributed by atoms with Crippen molar-refractivity contribution in [3.05, 3.63) is 0 Å². The van der Waals surface area contributed by atoms with Crippen molar-refractivity contribution in [1.82, 2.24) is 4.90 Å². The van der Waals surface area contributed by atoms with E-state index in [4.69, 9.17) is 6.42 Å². The van der Waals surface area contributed by atoms with Crippen LogP contribution < -0.4 is 0 Å². The molecular formula is C14H23NO3. The average molecular weight is 253 g/mol. The zero-order valence-corrected chi connectivity index (χ0v) is 11.5. The molecule has 0 aliphatic rings. The number of terminal acetylenes is 1. The summed E-state index contributed by atoms with van der Waals surface area (Å²) >= 11 is 0. The fraction of sp³-hybridized carbons (Fsp3) is 0.714. The number of carbonyl (C=O) groups is 2. The van der Waals surface area contributed by atoms with Crippen molar-refractivity contribution in [2.24, 2.45) is 5.41 Å². The van der Waals surface area contributed by atoms with Crippen LogP contribution in [0.15, 0.2) is 0 Å². The molecule has 0 aromatic heterocycles. The van der Waals surface area contributed by atoms with Crippen LogP contribution in [0, 0.1) is 17.8 Å². The largest absolute Gasteiger partial charge is 0.481 e. The first-order valence-electron chi connectivity index (χ1n) is 6.42. The molecule has 4 heteroatoms. The van der Waals surface area contributed by atoms with Gasteiger partial charge in [-0.05, 0) is 19.3 Å². The molecule has 0 aromatic rings. The minimum atomic E-state index is -0.961. The number of amides is 1. The highest BCUT2D eigenvalue weighted by Gasteiger charge is 2.38. The third-order valence-electron chi connectivity index (χ3n) is 3.43. The molecule has 102 valence electrons. The first-order valence-corrected chi connectivity index (χ1v) is 6.42. The van der Waals surface area contributed by atoms with E-state index in [1.54, 1.807) is 18.7 Å². The van der Waals surface area contributed by atoms with Gasteiger partial charge in [0.15, 0.2) is 0 Å². The fourth-order valence-corrected chi connectivity index (χ4v) is 1.95. The maximum Gasteiger partial charge on any atom is 0.310 e. The minimum Gasteiger partial charge on any atom is -0.481 e. The lowest BCUT2D eigenvalue weighted by atomic mass is 9.79. The summed E-state index contributed by atoms with van der Waals surface area (Å²) in [6, 6.07) is 0. The quantitative estimate of drug-likeness (QED) is 0.674. The lowest BCUT2D eigenvalue weighted by Crippen LogP contribution is -2.39. The summed E-state index contributed by atoms with van der Waals surface area (Å²) in [6.07, 6.45) is 6.95. The smallest absolute Gasteiger partial charge is 0.310 e. The van der Waals surface area contributed by atoms with Crippen LogP contribution in [0.3, 0.4) is 0 Å². The van der Waals surface area contributed by atoms with Crippen LogP contribution in [-0.2, 0) is 9.59 Å². The van der Waals surface area contributed by atoms with E-state index in [-0.39, 0.29) is 18.9 Å². The van der Waals surface area contributed by atoms with Crippen molar-refractivity contribution < 1.29 is 14.7 Å². The van der Waals surface area contributed by atoms with E-state index in [1.165, 1.54) is 0 Å². The molecule has 0 aromatic carbocycles. The Kier molecular flexibility index (Phi) is 7.11. The number of hydrogen-bond acceptors (Lipinski definition) is 2. The van der Waals surface area contributed by atoms with Crippen molar-refractivity contribution in [1.29, 1.82) is 0 Å². The van der Waals surface area contributed by atoms with Crippen LogP contribution in [0.4, 0.5) is 0 Å². The molecule has 0 aliphatic heterocycles. The molecule has 0 saturated heterocycles. The van der Waals surface area contributed by atoms with E-state index in [2.05, 4.69) is 5.92 Å². The zero-order chi connectivity index (χ0) is 14.2. The van der Waals surface area contributed by atoms with Crippen molar-refractivity contribution >= 4 is 11.9 Å². The van der Waals surface area contributed by atoms with E-state index in [0.29, 0.717) is 19.4 Å². The van der Waals surface area contributed by atoms with Crippen molar-refractivity contribution in [3.63, 3.8) is 0 Å². The Labute approximate surface area is 109 Å². The predicted octanol–water partition coefficient (Wildman–Crippen LogP) is 2.14. The molecule has 4 nitrogen and oxygen atoms in total. The zero-order valence-electron chi connectivity index (χ0n) is 11.5. The first kappa shape index (κ1) is 16.5. The fourth-order valence-electron chi connectivity index (χ4n) is 1.95. The molecule has 0 radical (unpaired) electrons. The molecule has 0 unspecified atom stereocenters. The number of carboxylic acids is 1.